The average Bonchev–Trinajstić information content (AvgIpc) is 3.09. The van der Waals surface area contributed by atoms with Gasteiger partial charge in [0.15, 0.2) is 0 Å². The number of rotatable bonds is 16. The third-order valence-corrected chi connectivity index (χ3v) is 4.96. The number of furan rings is 1. The minimum atomic E-state index is -0.267. The monoisotopic (exact) mass is 364 g/mol. The van der Waals surface area contributed by atoms with Crippen molar-refractivity contribution in [1.29, 1.82) is 0 Å². The van der Waals surface area contributed by atoms with Crippen molar-refractivity contribution in [3.63, 3.8) is 0 Å². The summed E-state index contributed by atoms with van der Waals surface area (Å²) in [7, 11) is 1.39. The summed E-state index contributed by atoms with van der Waals surface area (Å²) < 4.78 is 10.3. The van der Waals surface area contributed by atoms with Crippen LogP contribution in [0.1, 0.15) is 89.1 Å². The summed E-state index contributed by atoms with van der Waals surface area (Å²) in [5.41, 5.74) is 0. The second-order valence-corrected chi connectivity index (χ2v) is 7.18. The minimum absolute atomic E-state index is 0.208. The fourth-order valence-corrected chi connectivity index (χ4v) is 3.36. The van der Waals surface area contributed by atoms with Crippen LogP contribution in [0.2, 0.25) is 0 Å². The molecule has 0 aliphatic rings. The van der Waals surface area contributed by atoms with E-state index in [-0.39, 0.29) is 12.4 Å². The Morgan fingerprint density at radius 3 is 2.46 bits per heavy atom. The molecule has 0 N–H and O–H groups in total. The van der Waals surface area contributed by atoms with Crippen LogP contribution in [-0.2, 0) is 27.2 Å². The summed E-state index contributed by atoms with van der Waals surface area (Å²) in [6, 6.07) is 3.83. The number of methoxy groups -OCH3 is 1. The lowest BCUT2D eigenvalue weighted by atomic mass is 9.91. The lowest BCUT2D eigenvalue weighted by Crippen LogP contribution is -2.03. The summed E-state index contributed by atoms with van der Waals surface area (Å²) in [6.07, 6.45) is 15.2. The molecule has 0 unspecified atom stereocenters. The topological polar surface area (TPSA) is 56.5 Å². The molecule has 0 fully saturated rings. The molecule has 1 atom stereocenters. The third kappa shape index (κ3) is 10.4. The molecular weight excluding hydrogens is 328 g/mol. The number of hydrogen-bond donors (Lipinski definition) is 0. The van der Waals surface area contributed by atoms with Gasteiger partial charge in [0.25, 0.3) is 0 Å². The fraction of sp³-hybridized carbons (Fsp3) is 0.727. The second-order valence-electron chi connectivity index (χ2n) is 7.18. The molecule has 0 saturated heterocycles. The third-order valence-electron chi connectivity index (χ3n) is 4.96. The van der Waals surface area contributed by atoms with Crippen molar-refractivity contribution >= 4 is 12.3 Å². The van der Waals surface area contributed by atoms with Crippen LogP contribution in [0.4, 0.5) is 0 Å². The van der Waals surface area contributed by atoms with Gasteiger partial charge in [-0.3, -0.25) is 4.79 Å². The lowest BCUT2D eigenvalue weighted by Gasteiger charge is -2.15. The van der Waals surface area contributed by atoms with Crippen LogP contribution in [0.15, 0.2) is 16.5 Å². The van der Waals surface area contributed by atoms with Gasteiger partial charge in [0.2, 0.25) is 0 Å². The SMILES string of the molecule is CCCC[C@@H](CCC=O)CCCCCCCc1ccc(CC(=O)OC)o1. The van der Waals surface area contributed by atoms with Gasteiger partial charge in [0.05, 0.1) is 7.11 Å². The zero-order chi connectivity index (χ0) is 19.0. The van der Waals surface area contributed by atoms with Gasteiger partial charge < -0.3 is 13.9 Å². The van der Waals surface area contributed by atoms with E-state index >= 15 is 0 Å². The van der Waals surface area contributed by atoms with Crippen molar-refractivity contribution in [3.05, 3.63) is 23.7 Å². The molecular formula is C22H36O4. The van der Waals surface area contributed by atoms with E-state index in [1.807, 2.05) is 12.1 Å². The Morgan fingerprint density at radius 2 is 1.73 bits per heavy atom. The Bertz CT molecular complexity index is 492. The maximum absolute atomic E-state index is 11.2. The first-order valence-electron chi connectivity index (χ1n) is 10.3. The molecule has 0 aliphatic heterocycles. The Morgan fingerprint density at radius 1 is 1.04 bits per heavy atom. The van der Waals surface area contributed by atoms with E-state index < -0.39 is 0 Å². The van der Waals surface area contributed by atoms with E-state index in [4.69, 9.17) is 4.42 Å². The minimum Gasteiger partial charge on any atom is -0.469 e. The highest BCUT2D eigenvalue weighted by atomic mass is 16.5. The van der Waals surface area contributed by atoms with Crippen LogP contribution in [0, 0.1) is 5.92 Å². The lowest BCUT2D eigenvalue weighted by molar-refractivity contribution is -0.140. The molecule has 0 amide bonds. The molecule has 4 heteroatoms. The zero-order valence-corrected chi connectivity index (χ0v) is 16.6. The predicted molar refractivity (Wildman–Crippen MR) is 104 cm³/mol. The van der Waals surface area contributed by atoms with Gasteiger partial charge in [-0.05, 0) is 30.9 Å². The van der Waals surface area contributed by atoms with Crippen LogP contribution < -0.4 is 0 Å². The molecule has 148 valence electrons. The largest absolute Gasteiger partial charge is 0.469 e. The van der Waals surface area contributed by atoms with Crippen LogP contribution in [0.25, 0.3) is 0 Å². The smallest absolute Gasteiger partial charge is 0.313 e. The van der Waals surface area contributed by atoms with E-state index in [1.165, 1.54) is 58.5 Å². The molecule has 1 aromatic rings. The molecule has 0 spiro atoms. The van der Waals surface area contributed by atoms with Gasteiger partial charge >= 0.3 is 5.97 Å². The van der Waals surface area contributed by atoms with Crippen LogP contribution in [-0.4, -0.2) is 19.4 Å². The van der Waals surface area contributed by atoms with E-state index in [2.05, 4.69) is 11.7 Å². The number of aryl methyl sites for hydroxylation is 1. The molecule has 0 bridgehead atoms. The first-order chi connectivity index (χ1) is 12.7. The van der Waals surface area contributed by atoms with Crippen molar-refractivity contribution in [3.8, 4) is 0 Å². The van der Waals surface area contributed by atoms with Gasteiger partial charge in [-0.1, -0.05) is 58.3 Å². The van der Waals surface area contributed by atoms with Gasteiger partial charge in [-0.15, -0.1) is 0 Å². The Balaban J connectivity index is 2.09. The van der Waals surface area contributed by atoms with E-state index in [1.54, 1.807) is 0 Å². The van der Waals surface area contributed by atoms with Gasteiger partial charge in [0, 0.05) is 12.8 Å². The maximum Gasteiger partial charge on any atom is 0.313 e. The van der Waals surface area contributed by atoms with Gasteiger partial charge in [-0.2, -0.15) is 0 Å². The first kappa shape index (κ1) is 22.5. The molecule has 0 radical (unpaired) electrons. The summed E-state index contributed by atoms with van der Waals surface area (Å²) in [6.45, 7) is 2.23. The standard InChI is InChI=1S/C22H36O4/c1-3-4-11-19(13-10-17-23)12-8-6-5-7-9-14-20-15-16-21(26-20)18-22(24)25-2/h15-17,19H,3-14,18H2,1-2H3/t19-/m1/s1. The first-order valence-corrected chi connectivity index (χ1v) is 10.3. The van der Waals surface area contributed by atoms with Crippen LogP contribution in [0.5, 0.6) is 0 Å². The van der Waals surface area contributed by atoms with Crippen molar-refractivity contribution in [2.45, 2.75) is 90.4 Å². The Labute approximate surface area is 158 Å². The average molecular weight is 365 g/mol. The number of carbonyl (C=O) groups excluding carboxylic acids is 2. The highest BCUT2D eigenvalue weighted by Crippen LogP contribution is 2.22. The molecule has 1 aromatic heterocycles. The zero-order valence-electron chi connectivity index (χ0n) is 16.6. The number of esters is 1. The molecule has 1 heterocycles. The molecule has 0 saturated carbocycles. The summed E-state index contributed by atoms with van der Waals surface area (Å²) >= 11 is 0. The molecule has 4 nitrogen and oxygen atoms in total. The van der Waals surface area contributed by atoms with Gasteiger partial charge in [-0.25, -0.2) is 0 Å². The number of ether oxygens (including phenoxy) is 1. The van der Waals surface area contributed by atoms with Crippen LogP contribution in [0.3, 0.4) is 0 Å². The summed E-state index contributed by atoms with van der Waals surface area (Å²) in [5, 5.41) is 0. The summed E-state index contributed by atoms with van der Waals surface area (Å²) in [5.74, 6) is 2.10. The van der Waals surface area contributed by atoms with E-state index in [9.17, 15) is 9.59 Å². The van der Waals surface area contributed by atoms with Crippen molar-refractivity contribution in [1.82, 2.24) is 0 Å². The normalized spacial score (nSPS) is 12.1. The number of carbonyl (C=O) groups is 2. The molecule has 0 aliphatic carbocycles. The van der Waals surface area contributed by atoms with Crippen molar-refractivity contribution in [2.24, 2.45) is 5.92 Å². The molecule has 1 rings (SSSR count). The number of hydrogen-bond acceptors (Lipinski definition) is 4. The molecule has 0 aromatic carbocycles. The maximum atomic E-state index is 11.2. The van der Waals surface area contributed by atoms with E-state index in [0.29, 0.717) is 5.76 Å². The van der Waals surface area contributed by atoms with Gasteiger partial charge in [0.1, 0.15) is 24.2 Å². The van der Waals surface area contributed by atoms with Crippen molar-refractivity contribution in [2.75, 3.05) is 7.11 Å². The fourth-order valence-electron chi connectivity index (χ4n) is 3.36. The highest BCUT2D eigenvalue weighted by Gasteiger charge is 2.09. The van der Waals surface area contributed by atoms with Crippen LogP contribution >= 0.6 is 0 Å². The number of unbranched alkanes of at least 4 members (excludes halogenated alkanes) is 5. The second kappa shape index (κ2) is 14.6. The Kier molecular flexibility index (Phi) is 12.6. The van der Waals surface area contributed by atoms with E-state index in [0.717, 1.165) is 43.6 Å². The number of aldehydes is 1. The Hall–Kier alpha value is -1.58. The summed E-state index contributed by atoms with van der Waals surface area (Å²) in [4.78, 5) is 21.8. The highest BCUT2D eigenvalue weighted by molar-refractivity contribution is 5.71. The van der Waals surface area contributed by atoms with Crippen molar-refractivity contribution < 1.29 is 18.7 Å². The predicted octanol–water partition coefficient (Wildman–Crippen LogP) is 5.66. The molecule has 26 heavy (non-hydrogen) atoms. The quantitative estimate of drug-likeness (QED) is 0.216.